The van der Waals surface area contributed by atoms with Gasteiger partial charge in [0.2, 0.25) is 0 Å². The van der Waals surface area contributed by atoms with Gasteiger partial charge in [0.25, 0.3) is 0 Å². The second kappa shape index (κ2) is 5.72. The molecule has 1 aromatic rings. The fourth-order valence-corrected chi connectivity index (χ4v) is 3.39. The SMILES string of the molecule is CC1(C)CCC(CN)(Cc2c(F)ccc(Br)c2F)CC1. The van der Waals surface area contributed by atoms with Gasteiger partial charge in [-0.2, -0.15) is 0 Å². The lowest BCUT2D eigenvalue weighted by atomic mass is 9.63. The van der Waals surface area contributed by atoms with E-state index in [9.17, 15) is 8.78 Å². The van der Waals surface area contributed by atoms with Crippen LogP contribution in [0.25, 0.3) is 0 Å². The lowest BCUT2D eigenvalue weighted by Crippen LogP contribution is -2.39. The molecule has 2 N–H and O–H groups in total. The number of nitrogens with two attached hydrogens (primary N) is 1. The Hall–Kier alpha value is -0.480. The molecule has 0 amide bonds. The van der Waals surface area contributed by atoms with Gasteiger partial charge in [0.1, 0.15) is 11.6 Å². The molecule has 1 nitrogen and oxygen atoms in total. The molecule has 112 valence electrons. The summed E-state index contributed by atoms with van der Waals surface area (Å²) in [6.45, 7) is 4.97. The molecule has 0 saturated heterocycles. The molecular formula is C16H22BrF2N. The summed E-state index contributed by atoms with van der Waals surface area (Å²) in [6, 6.07) is 2.73. The van der Waals surface area contributed by atoms with Gasteiger partial charge in [0, 0.05) is 5.56 Å². The Bertz CT molecular complexity index is 489. The zero-order valence-corrected chi connectivity index (χ0v) is 13.7. The van der Waals surface area contributed by atoms with Crippen LogP contribution in [-0.4, -0.2) is 6.54 Å². The van der Waals surface area contributed by atoms with Crippen LogP contribution in [0.15, 0.2) is 16.6 Å². The van der Waals surface area contributed by atoms with E-state index in [2.05, 4.69) is 29.8 Å². The first-order valence-corrected chi connectivity index (χ1v) is 7.90. The molecule has 0 radical (unpaired) electrons. The Kier molecular flexibility index (Phi) is 4.55. The molecule has 1 aliphatic rings. The van der Waals surface area contributed by atoms with Crippen molar-refractivity contribution in [1.82, 2.24) is 0 Å². The molecule has 1 aliphatic carbocycles. The van der Waals surface area contributed by atoms with Crippen LogP contribution in [0.4, 0.5) is 8.78 Å². The smallest absolute Gasteiger partial charge is 0.143 e. The van der Waals surface area contributed by atoms with Crippen LogP contribution >= 0.6 is 15.9 Å². The fourth-order valence-electron chi connectivity index (χ4n) is 3.02. The molecule has 1 saturated carbocycles. The standard InChI is InChI=1S/C16H22BrF2N/c1-15(2)5-7-16(10-20,8-6-15)9-11-13(18)4-3-12(17)14(11)19/h3-4H,5-10,20H2,1-2H3. The van der Waals surface area contributed by atoms with Crippen LogP contribution in [-0.2, 0) is 6.42 Å². The predicted molar refractivity (Wildman–Crippen MR) is 81.5 cm³/mol. The molecule has 4 heteroatoms. The van der Waals surface area contributed by atoms with Crippen molar-refractivity contribution in [3.05, 3.63) is 33.8 Å². The minimum Gasteiger partial charge on any atom is -0.330 e. The summed E-state index contributed by atoms with van der Waals surface area (Å²) in [5.74, 6) is -0.953. The zero-order valence-electron chi connectivity index (χ0n) is 12.1. The van der Waals surface area contributed by atoms with Gasteiger partial charge in [-0.05, 0) is 77.5 Å². The molecular weight excluding hydrogens is 324 g/mol. The highest BCUT2D eigenvalue weighted by atomic mass is 79.9. The molecule has 1 aromatic carbocycles. The maximum absolute atomic E-state index is 14.1. The highest BCUT2D eigenvalue weighted by Crippen LogP contribution is 2.46. The first-order valence-electron chi connectivity index (χ1n) is 7.11. The van der Waals surface area contributed by atoms with Crippen LogP contribution < -0.4 is 5.73 Å². The molecule has 1 fully saturated rings. The summed E-state index contributed by atoms with van der Waals surface area (Å²) in [5, 5.41) is 0. The summed E-state index contributed by atoms with van der Waals surface area (Å²) in [5.41, 5.74) is 6.27. The minimum absolute atomic E-state index is 0.169. The summed E-state index contributed by atoms with van der Waals surface area (Å²) >= 11 is 3.13. The third-order valence-corrected chi connectivity index (χ3v) is 5.40. The van der Waals surface area contributed by atoms with Gasteiger partial charge in [-0.3, -0.25) is 0 Å². The minimum atomic E-state index is -0.484. The van der Waals surface area contributed by atoms with Crippen molar-refractivity contribution in [2.45, 2.75) is 46.0 Å². The maximum atomic E-state index is 14.1. The molecule has 0 aromatic heterocycles. The van der Waals surface area contributed by atoms with E-state index in [-0.39, 0.29) is 11.0 Å². The number of benzene rings is 1. The first kappa shape index (κ1) is 15.9. The van der Waals surface area contributed by atoms with Gasteiger partial charge in [-0.15, -0.1) is 0 Å². The van der Waals surface area contributed by atoms with Gasteiger partial charge in [-0.1, -0.05) is 13.8 Å². The van der Waals surface area contributed by atoms with Gasteiger partial charge < -0.3 is 5.73 Å². The van der Waals surface area contributed by atoms with Crippen molar-refractivity contribution in [3.63, 3.8) is 0 Å². The second-order valence-corrected chi connectivity index (χ2v) is 7.72. The zero-order chi connectivity index (χ0) is 15.0. The predicted octanol–water partition coefficient (Wildman–Crippen LogP) is 4.82. The number of halogens is 3. The number of hydrogen-bond acceptors (Lipinski definition) is 1. The third-order valence-electron chi connectivity index (χ3n) is 4.79. The van der Waals surface area contributed by atoms with E-state index < -0.39 is 11.6 Å². The quantitative estimate of drug-likeness (QED) is 0.781. The summed E-state index contributed by atoms with van der Waals surface area (Å²) in [7, 11) is 0. The highest BCUT2D eigenvalue weighted by Gasteiger charge is 2.38. The Labute approximate surface area is 128 Å². The Morgan fingerprint density at radius 1 is 1.15 bits per heavy atom. The average Bonchev–Trinajstić information content (AvgIpc) is 2.42. The monoisotopic (exact) mass is 345 g/mol. The van der Waals surface area contributed by atoms with E-state index in [1.807, 2.05) is 0 Å². The van der Waals surface area contributed by atoms with Crippen LogP contribution in [0.3, 0.4) is 0 Å². The van der Waals surface area contributed by atoms with Crippen LogP contribution in [0.1, 0.15) is 45.1 Å². The highest BCUT2D eigenvalue weighted by molar-refractivity contribution is 9.10. The Morgan fingerprint density at radius 2 is 1.75 bits per heavy atom. The number of rotatable bonds is 3. The van der Waals surface area contributed by atoms with Crippen molar-refractivity contribution in [3.8, 4) is 0 Å². The summed E-state index contributed by atoms with van der Waals surface area (Å²) in [6.07, 6.45) is 4.36. The average molecular weight is 346 g/mol. The lowest BCUT2D eigenvalue weighted by Gasteiger charge is -2.43. The van der Waals surface area contributed by atoms with Crippen molar-refractivity contribution in [1.29, 1.82) is 0 Å². The molecule has 0 atom stereocenters. The van der Waals surface area contributed by atoms with E-state index in [4.69, 9.17) is 5.73 Å². The maximum Gasteiger partial charge on any atom is 0.143 e. The molecule has 0 heterocycles. The van der Waals surface area contributed by atoms with Gasteiger partial charge >= 0.3 is 0 Å². The largest absolute Gasteiger partial charge is 0.330 e. The Morgan fingerprint density at radius 3 is 2.30 bits per heavy atom. The lowest BCUT2D eigenvalue weighted by molar-refractivity contribution is 0.106. The summed E-state index contributed by atoms with van der Waals surface area (Å²) < 4.78 is 28.4. The summed E-state index contributed by atoms with van der Waals surface area (Å²) in [4.78, 5) is 0. The first-order chi connectivity index (χ1) is 9.29. The number of hydrogen-bond donors (Lipinski definition) is 1. The van der Waals surface area contributed by atoms with Crippen LogP contribution in [0, 0.1) is 22.5 Å². The molecule has 2 rings (SSSR count). The third kappa shape index (κ3) is 3.22. The Balaban J connectivity index is 2.26. The molecule has 20 heavy (non-hydrogen) atoms. The molecule has 0 spiro atoms. The molecule has 0 aliphatic heterocycles. The van der Waals surface area contributed by atoms with Crippen LogP contribution in [0.2, 0.25) is 0 Å². The van der Waals surface area contributed by atoms with Gasteiger partial charge in [0.05, 0.1) is 4.47 Å². The van der Waals surface area contributed by atoms with Crippen molar-refractivity contribution in [2.24, 2.45) is 16.6 Å². The van der Waals surface area contributed by atoms with Gasteiger partial charge in [-0.25, -0.2) is 8.78 Å². The van der Waals surface area contributed by atoms with E-state index >= 15 is 0 Å². The van der Waals surface area contributed by atoms with E-state index in [1.165, 1.54) is 12.1 Å². The molecule has 0 bridgehead atoms. The molecule has 0 unspecified atom stereocenters. The normalized spacial score (nSPS) is 20.9. The second-order valence-electron chi connectivity index (χ2n) is 6.87. The van der Waals surface area contributed by atoms with Crippen LogP contribution in [0.5, 0.6) is 0 Å². The van der Waals surface area contributed by atoms with Crippen molar-refractivity contribution >= 4 is 15.9 Å². The van der Waals surface area contributed by atoms with Crippen molar-refractivity contribution in [2.75, 3.05) is 6.54 Å². The van der Waals surface area contributed by atoms with E-state index in [1.54, 1.807) is 0 Å². The fraction of sp³-hybridized carbons (Fsp3) is 0.625. The van der Waals surface area contributed by atoms with Crippen molar-refractivity contribution < 1.29 is 8.78 Å². The van der Waals surface area contributed by atoms with Gasteiger partial charge in [0.15, 0.2) is 0 Å². The van der Waals surface area contributed by atoms with E-state index in [0.717, 1.165) is 25.7 Å². The topological polar surface area (TPSA) is 26.0 Å². The van der Waals surface area contributed by atoms with E-state index in [0.29, 0.717) is 22.9 Å².